The Morgan fingerprint density at radius 1 is 1.83 bits per heavy atom. The molecule has 0 aliphatic rings. The Kier molecular flexibility index (Phi) is 2.32. The number of hydrogen-bond acceptors (Lipinski definition) is 3. The summed E-state index contributed by atoms with van der Waals surface area (Å²) in [7, 11) is 0. The summed E-state index contributed by atoms with van der Waals surface area (Å²) in [5.41, 5.74) is 10.6. The maximum Gasteiger partial charge on any atom is 0.222 e. The van der Waals surface area contributed by atoms with Crippen LogP contribution >= 0.6 is 0 Å². The van der Waals surface area contributed by atoms with Gasteiger partial charge in [-0.1, -0.05) is 6.92 Å². The van der Waals surface area contributed by atoms with E-state index >= 15 is 0 Å². The molecule has 1 amide bonds. The second kappa shape index (κ2) is 3.25. The van der Waals surface area contributed by atoms with E-state index in [0.29, 0.717) is 12.5 Å². The molecule has 1 atom stereocenters. The number of nitrogens with zero attached hydrogens (tertiary/aromatic N) is 2. The van der Waals surface area contributed by atoms with Gasteiger partial charge >= 0.3 is 0 Å². The Morgan fingerprint density at radius 3 is 2.92 bits per heavy atom. The average Bonchev–Trinajstić information content (AvgIpc) is 2.36. The van der Waals surface area contributed by atoms with Crippen LogP contribution in [0.4, 0.5) is 5.95 Å². The molecule has 0 spiro atoms. The molecule has 1 aromatic heterocycles. The third kappa shape index (κ3) is 1.75. The molecule has 0 saturated carbocycles. The molecule has 5 heteroatoms. The Labute approximate surface area is 70.4 Å². The van der Waals surface area contributed by atoms with Crippen LogP contribution in [0.5, 0.6) is 0 Å². The molecular formula is C7H12N4O. The number of aromatic nitrogens is 2. The molecular weight excluding hydrogens is 156 g/mol. The summed E-state index contributed by atoms with van der Waals surface area (Å²) in [6, 6.07) is 0. The number of anilines is 1. The Balaban J connectivity index is 2.64. The molecule has 0 aliphatic heterocycles. The van der Waals surface area contributed by atoms with Crippen molar-refractivity contribution >= 4 is 11.9 Å². The fourth-order valence-corrected chi connectivity index (χ4v) is 0.880. The van der Waals surface area contributed by atoms with Gasteiger partial charge in [0.1, 0.15) is 0 Å². The van der Waals surface area contributed by atoms with Crippen molar-refractivity contribution in [3.8, 4) is 0 Å². The zero-order chi connectivity index (χ0) is 9.14. The van der Waals surface area contributed by atoms with Crippen molar-refractivity contribution in [2.24, 2.45) is 11.7 Å². The van der Waals surface area contributed by atoms with Gasteiger partial charge in [-0.15, -0.1) is 0 Å². The lowest BCUT2D eigenvalue weighted by Crippen LogP contribution is -2.24. The van der Waals surface area contributed by atoms with Crippen molar-refractivity contribution in [2.45, 2.75) is 13.5 Å². The predicted molar refractivity (Wildman–Crippen MR) is 45.0 cm³/mol. The first-order valence-electron chi connectivity index (χ1n) is 3.67. The molecule has 66 valence electrons. The van der Waals surface area contributed by atoms with Gasteiger partial charge in [-0.2, -0.15) is 0 Å². The summed E-state index contributed by atoms with van der Waals surface area (Å²) < 4.78 is 1.69. The van der Waals surface area contributed by atoms with Crippen LogP contribution in [0.1, 0.15) is 6.92 Å². The molecule has 12 heavy (non-hydrogen) atoms. The highest BCUT2D eigenvalue weighted by atomic mass is 16.1. The largest absolute Gasteiger partial charge is 0.369 e. The van der Waals surface area contributed by atoms with Gasteiger partial charge in [-0.05, 0) is 0 Å². The second-order valence-electron chi connectivity index (χ2n) is 2.74. The number of primary amides is 1. The van der Waals surface area contributed by atoms with Gasteiger partial charge in [0.05, 0.1) is 5.92 Å². The molecule has 0 fully saturated rings. The number of hydrogen-bond donors (Lipinski definition) is 2. The Hall–Kier alpha value is -1.52. The van der Waals surface area contributed by atoms with Crippen molar-refractivity contribution < 1.29 is 4.79 Å². The predicted octanol–water partition coefficient (Wildman–Crippen LogP) is -0.413. The van der Waals surface area contributed by atoms with E-state index in [1.807, 2.05) is 0 Å². The fourth-order valence-electron chi connectivity index (χ4n) is 0.880. The fraction of sp³-hybridized carbons (Fsp3) is 0.429. The topological polar surface area (TPSA) is 86.9 Å². The Morgan fingerprint density at radius 2 is 2.50 bits per heavy atom. The zero-order valence-corrected chi connectivity index (χ0v) is 6.90. The number of amides is 1. The molecule has 0 saturated heterocycles. The first kappa shape index (κ1) is 8.58. The highest BCUT2D eigenvalue weighted by Crippen LogP contribution is 2.04. The summed E-state index contributed by atoms with van der Waals surface area (Å²) in [6.07, 6.45) is 3.30. The number of nitrogens with two attached hydrogens (primary N) is 2. The number of nitrogen functional groups attached to an aromatic ring is 1. The van der Waals surface area contributed by atoms with Crippen molar-refractivity contribution in [3.63, 3.8) is 0 Å². The van der Waals surface area contributed by atoms with Crippen LogP contribution in [0.25, 0.3) is 0 Å². The van der Waals surface area contributed by atoms with Gasteiger partial charge in [0.15, 0.2) is 5.95 Å². The molecule has 0 bridgehead atoms. The lowest BCUT2D eigenvalue weighted by atomic mass is 10.2. The monoisotopic (exact) mass is 168 g/mol. The third-order valence-corrected chi connectivity index (χ3v) is 1.70. The summed E-state index contributed by atoms with van der Waals surface area (Å²) in [6.45, 7) is 2.24. The third-order valence-electron chi connectivity index (χ3n) is 1.70. The van der Waals surface area contributed by atoms with E-state index in [0.717, 1.165) is 0 Å². The first-order chi connectivity index (χ1) is 5.61. The minimum atomic E-state index is -0.330. The van der Waals surface area contributed by atoms with Crippen molar-refractivity contribution in [2.75, 3.05) is 5.73 Å². The van der Waals surface area contributed by atoms with Crippen LogP contribution in [-0.4, -0.2) is 15.5 Å². The number of rotatable bonds is 3. The molecule has 4 N–H and O–H groups in total. The van der Waals surface area contributed by atoms with E-state index < -0.39 is 0 Å². The van der Waals surface area contributed by atoms with Crippen molar-refractivity contribution in [1.82, 2.24) is 9.55 Å². The van der Waals surface area contributed by atoms with E-state index in [4.69, 9.17) is 11.5 Å². The standard InChI is InChI=1S/C7H12N4O/c1-5(6(8)12)4-11-3-2-10-7(11)9/h2-3,5H,4H2,1H3,(H2,8,12)(H2,9,10). The van der Waals surface area contributed by atoms with Gasteiger partial charge in [-0.25, -0.2) is 4.98 Å². The highest BCUT2D eigenvalue weighted by Gasteiger charge is 2.10. The smallest absolute Gasteiger partial charge is 0.222 e. The first-order valence-corrected chi connectivity index (χ1v) is 3.67. The van der Waals surface area contributed by atoms with Crippen LogP contribution in [-0.2, 0) is 11.3 Å². The van der Waals surface area contributed by atoms with Gasteiger partial charge < -0.3 is 16.0 Å². The molecule has 5 nitrogen and oxygen atoms in total. The summed E-state index contributed by atoms with van der Waals surface area (Å²) in [4.78, 5) is 14.5. The van der Waals surface area contributed by atoms with Gasteiger partial charge in [-0.3, -0.25) is 4.79 Å². The quantitative estimate of drug-likeness (QED) is 0.643. The zero-order valence-electron chi connectivity index (χ0n) is 6.90. The summed E-state index contributed by atoms with van der Waals surface area (Å²) >= 11 is 0. The maximum absolute atomic E-state index is 10.7. The van der Waals surface area contributed by atoms with Crippen molar-refractivity contribution in [1.29, 1.82) is 0 Å². The van der Waals surface area contributed by atoms with Gasteiger partial charge in [0.2, 0.25) is 5.91 Å². The molecule has 1 heterocycles. The van der Waals surface area contributed by atoms with Crippen LogP contribution in [0.3, 0.4) is 0 Å². The van der Waals surface area contributed by atoms with Crippen molar-refractivity contribution in [3.05, 3.63) is 12.4 Å². The average molecular weight is 168 g/mol. The van der Waals surface area contributed by atoms with Crippen LogP contribution in [0.2, 0.25) is 0 Å². The minimum absolute atomic E-state index is 0.221. The molecule has 1 unspecified atom stereocenters. The molecule has 1 rings (SSSR count). The SMILES string of the molecule is CC(Cn1ccnc1N)C(N)=O. The van der Waals surface area contributed by atoms with E-state index in [2.05, 4.69) is 4.98 Å². The lowest BCUT2D eigenvalue weighted by Gasteiger charge is -2.08. The van der Waals surface area contributed by atoms with Gasteiger partial charge in [0, 0.05) is 18.9 Å². The maximum atomic E-state index is 10.7. The normalized spacial score (nSPS) is 12.8. The number of carbonyl (C=O) groups excluding carboxylic acids is 1. The molecule has 0 aliphatic carbocycles. The number of imidazole rings is 1. The second-order valence-corrected chi connectivity index (χ2v) is 2.74. The van der Waals surface area contributed by atoms with E-state index in [-0.39, 0.29) is 11.8 Å². The Bertz CT molecular complexity index is 281. The van der Waals surface area contributed by atoms with E-state index in [9.17, 15) is 4.79 Å². The van der Waals surface area contributed by atoms with E-state index in [1.54, 1.807) is 23.9 Å². The van der Waals surface area contributed by atoms with Crippen LogP contribution in [0, 0.1) is 5.92 Å². The lowest BCUT2D eigenvalue weighted by molar-refractivity contribution is -0.121. The molecule has 1 aromatic rings. The van der Waals surface area contributed by atoms with E-state index in [1.165, 1.54) is 0 Å². The molecule has 0 radical (unpaired) electrons. The highest BCUT2D eigenvalue weighted by molar-refractivity contribution is 5.76. The van der Waals surface area contributed by atoms with Gasteiger partial charge in [0.25, 0.3) is 0 Å². The summed E-state index contributed by atoms with van der Waals surface area (Å²) in [5.74, 6) is -0.146. The summed E-state index contributed by atoms with van der Waals surface area (Å²) in [5, 5.41) is 0. The van der Waals surface area contributed by atoms with Crippen LogP contribution < -0.4 is 11.5 Å². The number of carbonyl (C=O) groups is 1. The minimum Gasteiger partial charge on any atom is -0.369 e. The van der Waals surface area contributed by atoms with Crippen LogP contribution in [0.15, 0.2) is 12.4 Å². The molecule has 0 aromatic carbocycles.